The van der Waals surface area contributed by atoms with Crippen LogP contribution in [0.25, 0.3) is 24.3 Å². The number of para-hydroxylation sites is 1. The Morgan fingerprint density at radius 3 is 2.00 bits per heavy atom. The second-order valence-corrected chi connectivity index (χ2v) is 8.00. The summed E-state index contributed by atoms with van der Waals surface area (Å²) in [4.78, 5) is 22.2. The lowest BCUT2D eigenvalue weighted by atomic mass is 10.1. The molecule has 0 aromatic heterocycles. The Labute approximate surface area is 227 Å². The molecule has 0 aliphatic rings. The molecule has 0 bridgehead atoms. The third kappa shape index (κ3) is 9.81. The summed E-state index contributed by atoms with van der Waals surface area (Å²) in [7, 11) is 0. The van der Waals surface area contributed by atoms with Gasteiger partial charge in [0.1, 0.15) is 43.7 Å². The van der Waals surface area contributed by atoms with Gasteiger partial charge in [-0.05, 0) is 35.4 Å². The predicted octanol–water partition coefficient (Wildman–Crippen LogP) is 6.38. The van der Waals surface area contributed by atoms with Crippen LogP contribution in [-0.2, 0) is 19.1 Å². The van der Waals surface area contributed by atoms with Gasteiger partial charge in [0.2, 0.25) is 0 Å². The topological polar surface area (TPSA) is 71.1 Å². The first-order chi connectivity index (χ1) is 19.0. The second-order valence-electron chi connectivity index (χ2n) is 8.00. The standard InChI is InChI=1S/C32H29FO6/c1-3-31(34)38-20-18-36-28-10-7-8-24(22-28)12-15-26-16-13-25(23-29(26)33)14-17-27-9-5-6-11-30(27)37-19-21-39-32(35)4-2/h3-17,22-23H,1-2,18-21H2. The summed E-state index contributed by atoms with van der Waals surface area (Å²) in [6, 6.07) is 19.7. The summed E-state index contributed by atoms with van der Waals surface area (Å²) in [6.07, 6.45) is 9.30. The highest BCUT2D eigenvalue weighted by atomic mass is 19.1. The van der Waals surface area contributed by atoms with Crippen LogP contribution >= 0.6 is 0 Å². The van der Waals surface area contributed by atoms with Crippen LogP contribution in [-0.4, -0.2) is 38.4 Å². The molecule has 0 unspecified atom stereocenters. The lowest BCUT2D eigenvalue weighted by Crippen LogP contribution is -2.10. The van der Waals surface area contributed by atoms with E-state index in [9.17, 15) is 14.0 Å². The number of carbonyl (C=O) groups excluding carboxylic acids is 2. The van der Waals surface area contributed by atoms with E-state index < -0.39 is 11.9 Å². The van der Waals surface area contributed by atoms with Crippen molar-refractivity contribution < 1.29 is 32.9 Å². The molecule has 0 saturated heterocycles. The number of rotatable bonds is 14. The minimum absolute atomic E-state index is 0.105. The first-order valence-corrected chi connectivity index (χ1v) is 12.2. The predicted molar refractivity (Wildman–Crippen MR) is 150 cm³/mol. The zero-order valence-electron chi connectivity index (χ0n) is 21.4. The van der Waals surface area contributed by atoms with E-state index in [2.05, 4.69) is 13.2 Å². The van der Waals surface area contributed by atoms with Crippen molar-refractivity contribution in [2.45, 2.75) is 0 Å². The van der Waals surface area contributed by atoms with Crippen molar-refractivity contribution in [2.24, 2.45) is 0 Å². The van der Waals surface area contributed by atoms with Crippen molar-refractivity contribution in [2.75, 3.05) is 26.4 Å². The molecule has 0 fully saturated rings. The van der Waals surface area contributed by atoms with E-state index in [1.54, 1.807) is 36.4 Å². The molecule has 7 heteroatoms. The average molecular weight is 529 g/mol. The van der Waals surface area contributed by atoms with Crippen molar-refractivity contribution in [3.63, 3.8) is 0 Å². The fourth-order valence-corrected chi connectivity index (χ4v) is 3.33. The van der Waals surface area contributed by atoms with Gasteiger partial charge in [-0.3, -0.25) is 0 Å². The van der Waals surface area contributed by atoms with E-state index in [0.717, 1.165) is 23.3 Å². The van der Waals surface area contributed by atoms with Gasteiger partial charge in [-0.1, -0.05) is 79.9 Å². The Morgan fingerprint density at radius 1 is 0.667 bits per heavy atom. The van der Waals surface area contributed by atoms with Gasteiger partial charge in [0.05, 0.1) is 0 Å². The Morgan fingerprint density at radius 2 is 1.31 bits per heavy atom. The Kier molecular flexibility index (Phi) is 11.3. The summed E-state index contributed by atoms with van der Waals surface area (Å²) in [5.74, 6) is -0.144. The molecule has 200 valence electrons. The van der Waals surface area contributed by atoms with Crippen molar-refractivity contribution in [3.8, 4) is 11.5 Å². The summed E-state index contributed by atoms with van der Waals surface area (Å²) in [5.41, 5.74) is 2.76. The Hall–Kier alpha value is -4.91. The molecule has 0 atom stereocenters. The monoisotopic (exact) mass is 528 g/mol. The molecule has 0 aliphatic heterocycles. The molecule has 0 radical (unpaired) electrons. The normalized spacial score (nSPS) is 10.8. The van der Waals surface area contributed by atoms with Crippen LogP contribution in [0.5, 0.6) is 11.5 Å². The van der Waals surface area contributed by atoms with Gasteiger partial charge < -0.3 is 18.9 Å². The summed E-state index contributed by atoms with van der Waals surface area (Å²) in [5, 5.41) is 0. The second kappa shape index (κ2) is 15.4. The summed E-state index contributed by atoms with van der Waals surface area (Å²) >= 11 is 0. The van der Waals surface area contributed by atoms with Crippen molar-refractivity contribution in [1.29, 1.82) is 0 Å². The largest absolute Gasteiger partial charge is 0.490 e. The van der Waals surface area contributed by atoms with Gasteiger partial charge in [0.25, 0.3) is 0 Å². The van der Waals surface area contributed by atoms with E-state index in [1.165, 1.54) is 6.07 Å². The van der Waals surface area contributed by atoms with Crippen LogP contribution in [0.2, 0.25) is 0 Å². The number of halogens is 1. The van der Waals surface area contributed by atoms with E-state index >= 15 is 0 Å². The SMILES string of the molecule is C=CC(=O)OCCOc1cccc(C=Cc2ccc(C=Cc3ccccc3OCCOC(=O)C=C)cc2F)c1. The molecule has 0 amide bonds. The van der Waals surface area contributed by atoms with Crippen LogP contribution in [0.4, 0.5) is 4.39 Å². The number of benzene rings is 3. The van der Waals surface area contributed by atoms with Gasteiger partial charge >= 0.3 is 11.9 Å². The maximum absolute atomic E-state index is 14.8. The quantitative estimate of drug-likeness (QED) is 0.105. The molecule has 0 aliphatic carbocycles. The van der Waals surface area contributed by atoms with E-state index in [-0.39, 0.29) is 32.2 Å². The molecular weight excluding hydrogens is 499 g/mol. The van der Waals surface area contributed by atoms with Crippen LogP contribution in [0.15, 0.2) is 92.0 Å². The van der Waals surface area contributed by atoms with Crippen LogP contribution in [0, 0.1) is 5.82 Å². The van der Waals surface area contributed by atoms with Crippen LogP contribution in [0.1, 0.15) is 22.3 Å². The van der Waals surface area contributed by atoms with Crippen LogP contribution in [0.3, 0.4) is 0 Å². The Bertz CT molecular complexity index is 1360. The highest BCUT2D eigenvalue weighted by Crippen LogP contribution is 2.22. The molecule has 3 rings (SSSR count). The molecule has 0 spiro atoms. The highest BCUT2D eigenvalue weighted by molar-refractivity contribution is 5.81. The van der Waals surface area contributed by atoms with Gasteiger partial charge in [0.15, 0.2) is 0 Å². The third-order valence-corrected chi connectivity index (χ3v) is 5.23. The van der Waals surface area contributed by atoms with E-state index in [1.807, 2.05) is 48.5 Å². The number of esters is 2. The van der Waals surface area contributed by atoms with Gasteiger partial charge in [-0.15, -0.1) is 0 Å². The summed E-state index contributed by atoms with van der Waals surface area (Å²) in [6.45, 7) is 7.30. The first kappa shape index (κ1) is 28.7. The lowest BCUT2D eigenvalue weighted by molar-refractivity contribution is -0.139. The number of ether oxygens (including phenoxy) is 4. The third-order valence-electron chi connectivity index (χ3n) is 5.23. The zero-order valence-corrected chi connectivity index (χ0v) is 21.4. The molecule has 0 heterocycles. The van der Waals surface area contributed by atoms with E-state index in [4.69, 9.17) is 18.9 Å². The fraction of sp³-hybridized carbons (Fsp3) is 0.125. The van der Waals surface area contributed by atoms with E-state index in [0.29, 0.717) is 22.6 Å². The van der Waals surface area contributed by atoms with Crippen molar-refractivity contribution in [1.82, 2.24) is 0 Å². The lowest BCUT2D eigenvalue weighted by Gasteiger charge is -2.09. The highest BCUT2D eigenvalue weighted by Gasteiger charge is 2.04. The van der Waals surface area contributed by atoms with Gasteiger partial charge in [0, 0.05) is 23.3 Å². The molecule has 6 nitrogen and oxygen atoms in total. The average Bonchev–Trinajstić information content (AvgIpc) is 2.96. The molecule has 3 aromatic rings. The van der Waals surface area contributed by atoms with Gasteiger partial charge in [-0.25, -0.2) is 14.0 Å². The summed E-state index contributed by atoms with van der Waals surface area (Å²) < 4.78 is 35.9. The maximum atomic E-state index is 14.8. The van der Waals surface area contributed by atoms with Crippen molar-refractivity contribution >= 4 is 36.2 Å². The molecule has 39 heavy (non-hydrogen) atoms. The van der Waals surface area contributed by atoms with Crippen molar-refractivity contribution in [3.05, 3.63) is 120 Å². The number of hydrogen-bond donors (Lipinski definition) is 0. The molecule has 0 saturated carbocycles. The zero-order chi connectivity index (χ0) is 27.9. The number of hydrogen-bond acceptors (Lipinski definition) is 6. The van der Waals surface area contributed by atoms with Gasteiger partial charge in [-0.2, -0.15) is 0 Å². The minimum atomic E-state index is -0.504. The molecule has 0 N–H and O–H groups in total. The van der Waals surface area contributed by atoms with Crippen LogP contribution < -0.4 is 9.47 Å². The molecular formula is C32H29FO6. The number of carbonyl (C=O) groups is 2. The maximum Gasteiger partial charge on any atom is 0.330 e. The smallest absolute Gasteiger partial charge is 0.330 e. The fourth-order valence-electron chi connectivity index (χ4n) is 3.33. The molecule has 3 aromatic carbocycles. The minimum Gasteiger partial charge on any atom is -0.490 e. The Balaban J connectivity index is 1.59. The first-order valence-electron chi connectivity index (χ1n) is 12.2.